The van der Waals surface area contributed by atoms with Crippen LogP contribution in [0.5, 0.6) is 5.75 Å². The summed E-state index contributed by atoms with van der Waals surface area (Å²) in [6, 6.07) is 18.1. The van der Waals surface area contributed by atoms with Gasteiger partial charge < -0.3 is 10.1 Å². The van der Waals surface area contributed by atoms with Crippen LogP contribution in [-0.2, 0) is 14.8 Å². The second-order valence-corrected chi connectivity index (χ2v) is 9.27. The van der Waals surface area contributed by atoms with Gasteiger partial charge in [0, 0.05) is 10.7 Å². The van der Waals surface area contributed by atoms with Crippen molar-refractivity contribution < 1.29 is 17.9 Å². The van der Waals surface area contributed by atoms with E-state index in [-0.39, 0.29) is 10.8 Å². The van der Waals surface area contributed by atoms with Crippen LogP contribution in [0.3, 0.4) is 0 Å². The number of hydrogen-bond donors (Lipinski definition) is 2. The molecule has 0 saturated heterocycles. The summed E-state index contributed by atoms with van der Waals surface area (Å²) in [5.41, 5.74) is 2.87. The molecule has 6 nitrogen and oxygen atoms in total. The van der Waals surface area contributed by atoms with Crippen molar-refractivity contribution in [2.24, 2.45) is 0 Å². The number of anilines is 2. The first-order valence-corrected chi connectivity index (χ1v) is 11.4. The minimum atomic E-state index is -3.75. The Morgan fingerprint density at radius 1 is 0.968 bits per heavy atom. The zero-order chi connectivity index (χ0) is 22.6. The van der Waals surface area contributed by atoms with Crippen LogP contribution in [0.25, 0.3) is 0 Å². The van der Waals surface area contributed by atoms with E-state index in [1.54, 1.807) is 37.3 Å². The number of rotatable bonds is 7. The fourth-order valence-corrected chi connectivity index (χ4v) is 4.12. The molecule has 0 saturated carbocycles. The Hall–Kier alpha value is -3.03. The summed E-state index contributed by atoms with van der Waals surface area (Å²) in [7, 11) is -3.75. The zero-order valence-electron chi connectivity index (χ0n) is 17.3. The highest BCUT2D eigenvalue weighted by Gasteiger charge is 2.17. The van der Waals surface area contributed by atoms with Gasteiger partial charge in [-0.1, -0.05) is 29.3 Å². The van der Waals surface area contributed by atoms with Gasteiger partial charge in [0.1, 0.15) is 5.75 Å². The number of benzene rings is 3. The van der Waals surface area contributed by atoms with E-state index in [1.807, 2.05) is 26.0 Å². The second-order valence-electron chi connectivity index (χ2n) is 7.15. The average Bonchev–Trinajstić information content (AvgIpc) is 2.72. The van der Waals surface area contributed by atoms with Gasteiger partial charge in [0.05, 0.1) is 10.6 Å². The molecule has 3 aromatic carbocycles. The first-order chi connectivity index (χ1) is 14.6. The molecular formula is C23H23ClN2O4S. The topological polar surface area (TPSA) is 84.5 Å². The number of amides is 1. The van der Waals surface area contributed by atoms with Crippen LogP contribution >= 0.6 is 11.6 Å². The second kappa shape index (κ2) is 9.41. The molecular weight excluding hydrogens is 436 g/mol. The number of halogens is 1. The maximum Gasteiger partial charge on any atom is 0.265 e. The molecule has 0 aliphatic carbocycles. The molecule has 0 spiro atoms. The molecule has 0 radical (unpaired) electrons. The molecule has 31 heavy (non-hydrogen) atoms. The third-order valence-corrected chi connectivity index (χ3v) is 6.19. The summed E-state index contributed by atoms with van der Waals surface area (Å²) < 4.78 is 33.5. The van der Waals surface area contributed by atoms with Crippen LogP contribution in [-0.4, -0.2) is 20.4 Å². The molecule has 0 aliphatic rings. The SMILES string of the molecule is Cc1ccc(NS(=O)(=O)c2ccc(NC(=O)[C@@H](C)Oc3ccc(Cl)cc3)cc2)c(C)c1. The van der Waals surface area contributed by atoms with Crippen molar-refractivity contribution in [1.82, 2.24) is 0 Å². The summed E-state index contributed by atoms with van der Waals surface area (Å²) in [5.74, 6) is 0.157. The van der Waals surface area contributed by atoms with Crippen LogP contribution in [0.4, 0.5) is 11.4 Å². The highest BCUT2D eigenvalue weighted by molar-refractivity contribution is 7.92. The van der Waals surface area contributed by atoms with Crippen molar-refractivity contribution in [3.63, 3.8) is 0 Å². The Balaban J connectivity index is 1.64. The Labute approximate surface area is 187 Å². The fraction of sp³-hybridized carbons (Fsp3) is 0.174. The van der Waals surface area contributed by atoms with Gasteiger partial charge in [0.15, 0.2) is 6.10 Å². The number of nitrogens with one attached hydrogen (secondary N) is 2. The monoisotopic (exact) mass is 458 g/mol. The number of sulfonamides is 1. The van der Waals surface area contributed by atoms with Crippen molar-refractivity contribution in [3.05, 3.63) is 82.9 Å². The van der Waals surface area contributed by atoms with Crippen molar-refractivity contribution in [2.45, 2.75) is 31.8 Å². The molecule has 0 aliphatic heterocycles. The third-order valence-electron chi connectivity index (χ3n) is 4.55. The molecule has 1 amide bonds. The lowest BCUT2D eigenvalue weighted by atomic mass is 10.1. The maximum atomic E-state index is 12.7. The van der Waals surface area contributed by atoms with E-state index in [9.17, 15) is 13.2 Å². The highest BCUT2D eigenvalue weighted by Crippen LogP contribution is 2.22. The van der Waals surface area contributed by atoms with E-state index < -0.39 is 16.1 Å². The van der Waals surface area contributed by atoms with Crippen LogP contribution in [0.1, 0.15) is 18.1 Å². The summed E-state index contributed by atoms with van der Waals surface area (Å²) in [5, 5.41) is 3.29. The number of carbonyl (C=O) groups excluding carboxylic acids is 1. The zero-order valence-corrected chi connectivity index (χ0v) is 18.9. The van der Waals surface area contributed by atoms with Crippen molar-refractivity contribution in [2.75, 3.05) is 10.0 Å². The first-order valence-electron chi connectivity index (χ1n) is 9.57. The van der Waals surface area contributed by atoms with Crippen LogP contribution in [0.15, 0.2) is 71.6 Å². The largest absolute Gasteiger partial charge is 0.481 e. The predicted octanol–water partition coefficient (Wildman–Crippen LogP) is 5.16. The van der Waals surface area contributed by atoms with Gasteiger partial charge in [0.25, 0.3) is 15.9 Å². The van der Waals surface area contributed by atoms with Gasteiger partial charge >= 0.3 is 0 Å². The van der Waals surface area contributed by atoms with Crippen molar-refractivity contribution >= 4 is 38.9 Å². The van der Waals surface area contributed by atoms with E-state index in [1.165, 1.54) is 24.3 Å². The molecule has 0 fully saturated rings. The molecule has 0 unspecified atom stereocenters. The van der Waals surface area contributed by atoms with E-state index in [2.05, 4.69) is 10.0 Å². The molecule has 0 aromatic heterocycles. The summed E-state index contributed by atoms with van der Waals surface area (Å²) in [6.07, 6.45) is -0.754. The van der Waals surface area contributed by atoms with Crippen LogP contribution < -0.4 is 14.8 Å². The Bertz CT molecular complexity index is 1180. The van der Waals surface area contributed by atoms with Gasteiger partial charge in [-0.2, -0.15) is 0 Å². The van der Waals surface area contributed by atoms with Gasteiger partial charge in [-0.05, 0) is 80.9 Å². The average molecular weight is 459 g/mol. The predicted molar refractivity (Wildman–Crippen MR) is 123 cm³/mol. The van der Waals surface area contributed by atoms with Gasteiger partial charge in [-0.15, -0.1) is 0 Å². The molecule has 3 aromatic rings. The molecule has 2 N–H and O–H groups in total. The van der Waals surface area contributed by atoms with Gasteiger partial charge in [0.2, 0.25) is 0 Å². The first kappa shape index (κ1) is 22.7. The quantitative estimate of drug-likeness (QED) is 0.512. The molecule has 162 valence electrons. The van der Waals surface area contributed by atoms with Crippen molar-refractivity contribution in [1.29, 1.82) is 0 Å². The molecule has 3 rings (SSSR count). The normalized spacial score (nSPS) is 12.1. The summed E-state index contributed by atoms with van der Waals surface area (Å²) in [4.78, 5) is 12.5. The minimum Gasteiger partial charge on any atom is -0.481 e. The Morgan fingerprint density at radius 3 is 2.23 bits per heavy atom. The maximum absolute atomic E-state index is 12.7. The number of carbonyl (C=O) groups is 1. The smallest absolute Gasteiger partial charge is 0.265 e. The lowest BCUT2D eigenvalue weighted by molar-refractivity contribution is -0.122. The van der Waals surface area contributed by atoms with Crippen molar-refractivity contribution in [3.8, 4) is 5.75 Å². The van der Waals surface area contributed by atoms with E-state index in [0.717, 1.165) is 11.1 Å². The fourth-order valence-electron chi connectivity index (χ4n) is 2.86. The van der Waals surface area contributed by atoms with E-state index >= 15 is 0 Å². The minimum absolute atomic E-state index is 0.0935. The van der Waals surface area contributed by atoms with Crippen LogP contribution in [0, 0.1) is 13.8 Å². The van der Waals surface area contributed by atoms with E-state index in [0.29, 0.717) is 22.1 Å². The van der Waals surface area contributed by atoms with Crippen LogP contribution in [0.2, 0.25) is 5.02 Å². The molecule has 8 heteroatoms. The number of aryl methyl sites for hydroxylation is 2. The summed E-state index contributed by atoms with van der Waals surface area (Å²) in [6.45, 7) is 5.41. The standard InChI is InChI=1S/C23H23ClN2O4S/c1-15-4-13-22(16(2)14-15)26-31(28,29)21-11-7-19(8-12-21)25-23(27)17(3)30-20-9-5-18(24)6-10-20/h4-14,17,26H,1-3H3,(H,25,27)/t17-/m1/s1. The lowest BCUT2D eigenvalue weighted by Crippen LogP contribution is -2.30. The third kappa shape index (κ3) is 5.99. The summed E-state index contributed by atoms with van der Waals surface area (Å²) >= 11 is 5.84. The number of ether oxygens (including phenoxy) is 1. The van der Waals surface area contributed by atoms with Gasteiger partial charge in [-0.25, -0.2) is 8.42 Å². The molecule has 1 atom stereocenters. The molecule has 0 heterocycles. The van der Waals surface area contributed by atoms with E-state index in [4.69, 9.17) is 16.3 Å². The highest BCUT2D eigenvalue weighted by atomic mass is 35.5. The molecule has 0 bridgehead atoms. The Morgan fingerprint density at radius 2 is 1.61 bits per heavy atom. The Kier molecular flexibility index (Phi) is 6.87. The number of hydrogen-bond acceptors (Lipinski definition) is 4. The van der Waals surface area contributed by atoms with Gasteiger partial charge in [-0.3, -0.25) is 9.52 Å². The lowest BCUT2D eigenvalue weighted by Gasteiger charge is -2.15.